The highest BCUT2D eigenvalue weighted by Crippen LogP contribution is 2.28. The average Bonchev–Trinajstić information content (AvgIpc) is 3.24. The predicted octanol–water partition coefficient (Wildman–Crippen LogP) is 1.97. The van der Waals surface area contributed by atoms with Gasteiger partial charge in [-0.1, -0.05) is 19.8 Å². The number of hydrogen-bond donors (Lipinski definition) is 2. The Morgan fingerprint density at radius 3 is 3.00 bits per heavy atom. The van der Waals surface area contributed by atoms with Gasteiger partial charge in [0.15, 0.2) is 0 Å². The van der Waals surface area contributed by atoms with Crippen LogP contribution in [0.15, 0.2) is 6.20 Å². The molecule has 1 amide bonds. The van der Waals surface area contributed by atoms with Crippen molar-refractivity contribution in [3.8, 4) is 0 Å². The number of aromatic amines is 1. The van der Waals surface area contributed by atoms with E-state index in [1.54, 1.807) is 6.20 Å². The second-order valence-electron chi connectivity index (χ2n) is 6.41. The van der Waals surface area contributed by atoms with E-state index in [-0.39, 0.29) is 5.91 Å². The summed E-state index contributed by atoms with van der Waals surface area (Å²) in [6, 6.07) is 0.811. The normalized spacial score (nSPS) is 23.8. The molecule has 2 fully saturated rings. The maximum atomic E-state index is 12.2. The van der Waals surface area contributed by atoms with Crippen LogP contribution in [0.4, 0.5) is 0 Å². The summed E-state index contributed by atoms with van der Waals surface area (Å²) in [5, 5.41) is 9.94. The van der Waals surface area contributed by atoms with Crippen molar-refractivity contribution in [2.75, 3.05) is 19.6 Å². The molecule has 0 radical (unpaired) electrons. The molecule has 1 aliphatic heterocycles. The van der Waals surface area contributed by atoms with Crippen LogP contribution in [-0.4, -0.2) is 46.7 Å². The molecule has 1 saturated carbocycles. The van der Waals surface area contributed by atoms with Crippen molar-refractivity contribution in [2.45, 2.75) is 51.5 Å². The summed E-state index contributed by atoms with van der Waals surface area (Å²) in [5.74, 6) is 0.617. The number of carbonyl (C=O) groups is 1. The van der Waals surface area contributed by atoms with E-state index in [1.165, 1.54) is 38.6 Å². The van der Waals surface area contributed by atoms with E-state index < -0.39 is 0 Å². The molecule has 1 aliphatic carbocycles. The molecule has 1 atom stereocenters. The lowest BCUT2D eigenvalue weighted by Crippen LogP contribution is -2.34. The van der Waals surface area contributed by atoms with Gasteiger partial charge in [-0.05, 0) is 38.1 Å². The Balaban J connectivity index is 1.46. The molecular formula is C16H26N4O. The summed E-state index contributed by atoms with van der Waals surface area (Å²) in [4.78, 5) is 14.8. The number of rotatable bonds is 5. The third-order valence-electron chi connectivity index (χ3n) is 5.03. The van der Waals surface area contributed by atoms with Crippen molar-refractivity contribution in [3.63, 3.8) is 0 Å². The van der Waals surface area contributed by atoms with Gasteiger partial charge in [-0.3, -0.25) is 9.89 Å². The molecule has 21 heavy (non-hydrogen) atoms. The first-order valence-corrected chi connectivity index (χ1v) is 8.32. The lowest BCUT2D eigenvalue weighted by atomic mass is 10.1. The van der Waals surface area contributed by atoms with E-state index in [1.807, 2.05) is 6.92 Å². The number of likely N-dealkylation sites (tertiary alicyclic amines) is 1. The Morgan fingerprint density at radius 1 is 1.43 bits per heavy atom. The first-order valence-electron chi connectivity index (χ1n) is 8.32. The molecule has 116 valence electrons. The topological polar surface area (TPSA) is 61.0 Å². The van der Waals surface area contributed by atoms with Crippen LogP contribution in [0, 0.1) is 5.92 Å². The fourth-order valence-corrected chi connectivity index (χ4v) is 3.74. The number of carbonyl (C=O) groups excluding carboxylic acids is 1. The fraction of sp³-hybridized carbons (Fsp3) is 0.750. The minimum atomic E-state index is 0.0138. The minimum Gasteiger partial charge on any atom is -0.352 e. The van der Waals surface area contributed by atoms with E-state index in [2.05, 4.69) is 20.4 Å². The third kappa shape index (κ3) is 3.28. The smallest absolute Gasteiger partial charge is 0.254 e. The van der Waals surface area contributed by atoms with Crippen molar-refractivity contribution in [2.24, 2.45) is 5.92 Å². The second-order valence-corrected chi connectivity index (χ2v) is 6.41. The summed E-state index contributed by atoms with van der Waals surface area (Å²) in [5.41, 5.74) is 1.62. The monoisotopic (exact) mass is 290 g/mol. The van der Waals surface area contributed by atoms with E-state index >= 15 is 0 Å². The molecular weight excluding hydrogens is 264 g/mol. The second kappa shape index (κ2) is 6.60. The Labute approximate surface area is 126 Å². The first kappa shape index (κ1) is 14.6. The van der Waals surface area contributed by atoms with Gasteiger partial charge < -0.3 is 10.2 Å². The summed E-state index contributed by atoms with van der Waals surface area (Å²) in [6.07, 6.45) is 9.17. The highest BCUT2D eigenvalue weighted by atomic mass is 16.1. The maximum Gasteiger partial charge on any atom is 0.254 e. The Morgan fingerprint density at radius 2 is 2.24 bits per heavy atom. The van der Waals surface area contributed by atoms with Gasteiger partial charge in [0.2, 0.25) is 0 Å². The zero-order valence-electron chi connectivity index (χ0n) is 12.9. The van der Waals surface area contributed by atoms with Crippen LogP contribution < -0.4 is 5.32 Å². The summed E-state index contributed by atoms with van der Waals surface area (Å²) in [7, 11) is 0. The Bertz CT molecular complexity index is 478. The van der Waals surface area contributed by atoms with Gasteiger partial charge in [0.25, 0.3) is 5.91 Å². The maximum absolute atomic E-state index is 12.2. The summed E-state index contributed by atoms with van der Waals surface area (Å²) < 4.78 is 0. The Kier molecular flexibility index (Phi) is 4.58. The van der Waals surface area contributed by atoms with Crippen LogP contribution in [0.5, 0.6) is 0 Å². The lowest BCUT2D eigenvalue weighted by Gasteiger charge is -2.23. The number of H-pyrrole nitrogens is 1. The van der Waals surface area contributed by atoms with Crippen LogP contribution in [0.1, 0.15) is 55.1 Å². The molecule has 1 aromatic rings. The summed E-state index contributed by atoms with van der Waals surface area (Å²) >= 11 is 0. The molecule has 3 rings (SSSR count). The molecule has 0 aromatic carbocycles. The van der Waals surface area contributed by atoms with Crippen molar-refractivity contribution < 1.29 is 4.79 Å². The highest BCUT2D eigenvalue weighted by molar-refractivity contribution is 5.95. The van der Waals surface area contributed by atoms with Crippen LogP contribution >= 0.6 is 0 Å². The van der Waals surface area contributed by atoms with Crippen molar-refractivity contribution in [1.29, 1.82) is 0 Å². The number of aromatic nitrogens is 2. The number of nitrogens with zero attached hydrogens (tertiary/aromatic N) is 2. The van der Waals surface area contributed by atoms with E-state index in [0.29, 0.717) is 11.5 Å². The van der Waals surface area contributed by atoms with E-state index in [9.17, 15) is 4.79 Å². The number of hydrogen-bond acceptors (Lipinski definition) is 3. The molecule has 1 saturated heterocycles. The lowest BCUT2D eigenvalue weighted by molar-refractivity contribution is 0.0946. The van der Waals surface area contributed by atoms with E-state index in [0.717, 1.165) is 31.2 Å². The van der Waals surface area contributed by atoms with Crippen LogP contribution in [0.3, 0.4) is 0 Å². The first-order chi connectivity index (χ1) is 10.3. The fourth-order valence-electron chi connectivity index (χ4n) is 3.74. The molecule has 2 N–H and O–H groups in total. The van der Waals surface area contributed by atoms with Gasteiger partial charge in [-0.15, -0.1) is 0 Å². The number of aryl methyl sites for hydroxylation is 1. The summed E-state index contributed by atoms with van der Waals surface area (Å²) in [6.45, 7) is 5.17. The number of amides is 1. The number of nitrogens with one attached hydrogen (secondary N) is 2. The van der Waals surface area contributed by atoms with Crippen LogP contribution in [0.2, 0.25) is 0 Å². The Hall–Kier alpha value is -1.36. The molecule has 2 heterocycles. The van der Waals surface area contributed by atoms with E-state index in [4.69, 9.17) is 0 Å². The van der Waals surface area contributed by atoms with Gasteiger partial charge in [-0.25, -0.2) is 0 Å². The highest BCUT2D eigenvalue weighted by Gasteiger charge is 2.30. The average molecular weight is 290 g/mol. The molecule has 0 unspecified atom stereocenters. The molecule has 2 aliphatic rings. The van der Waals surface area contributed by atoms with Gasteiger partial charge >= 0.3 is 0 Å². The zero-order valence-corrected chi connectivity index (χ0v) is 12.9. The van der Waals surface area contributed by atoms with Gasteiger partial charge in [0.05, 0.1) is 11.8 Å². The zero-order chi connectivity index (χ0) is 14.7. The largest absolute Gasteiger partial charge is 0.352 e. The third-order valence-corrected chi connectivity index (χ3v) is 5.03. The van der Waals surface area contributed by atoms with Crippen molar-refractivity contribution >= 4 is 5.91 Å². The van der Waals surface area contributed by atoms with Gasteiger partial charge in [-0.2, -0.15) is 5.10 Å². The molecule has 5 heteroatoms. The van der Waals surface area contributed by atoms with Crippen LogP contribution in [-0.2, 0) is 6.42 Å². The quantitative estimate of drug-likeness (QED) is 0.871. The van der Waals surface area contributed by atoms with Gasteiger partial charge in [0, 0.05) is 24.8 Å². The minimum absolute atomic E-state index is 0.0138. The van der Waals surface area contributed by atoms with Gasteiger partial charge in [0.1, 0.15) is 0 Å². The van der Waals surface area contributed by atoms with Crippen molar-refractivity contribution in [1.82, 2.24) is 20.4 Å². The standard InChI is InChI=1S/C16H26N4O/c1-2-15-14(10-18-19-15)16(21)17-9-12-7-8-20(11-12)13-5-3-4-6-13/h10,12-13H,2-9,11H2,1H3,(H,17,21)(H,18,19)/t12-/m1/s1. The van der Waals surface area contributed by atoms with Crippen LogP contribution in [0.25, 0.3) is 0 Å². The molecule has 1 aromatic heterocycles. The molecule has 0 bridgehead atoms. The predicted molar refractivity (Wildman–Crippen MR) is 82.2 cm³/mol. The molecule has 5 nitrogen and oxygen atoms in total. The molecule has 0 spiro atoms. The van der Waals surface area contributed by atoms with Crippen molar-refractivity contribution in [3.05, 3.63) is 17.5 Å². The SMILES string of the molecule is CCc1[nH]ncc1C(=O)NC[C@H]1CCN(C2CCCC2)C1.